The van der Waals surface area contributed by atoms with Crippen LogP contribution in [-0.4, -0.2) is 36.0 Å². The summed E-state index contributed by atoms with van der Waals surface area (Å²) in [6, 6.07) is 0. The Morgan fingerprint density at radius 2 is 1.21 bits per heavy atom. The Balaban J connectivity index is 0. The number of aliphatic hydroxyl groups excluding tert-OH is 2. The van der Waals surface area contributed by atoms with Crippen molar-refractivity contribution in [1.82, 2.24) is 0 Å². The number of hydrogen-bond donors (Lipinski definition) is 2. The van der Waals surface area contributed by atoms with Crippen LogP contribution >= 0.6 is 0 Å². The van der Waals surface area contributed by atoms with E-state index >= 15 is 0 Å². The maximum Gasteiger partial charge on any atom is 0.330 e. The first-order valence-corrected chi connectivity index (χ1v) is 9.73. The van der Waals surface area contributed by atoms with Crippen molar-refractivity contribution >= 4 is 5.97 Å². The number of esters is 1. The quantitative estimate of drug-likeness (QED) is 0.240. The van der Waals surface area contributed by atoms with Crippen molar-refractivity contribution in [2.75, 3.05) is 19.8 Å². The third kappa shape index (κ3) is 26.0. The number of rotatable bonds is 16. The van der Waals surface area contributed by atoms with Gasteiger partial charge in [-0.25, -0.2) is 4.79 Å². The lowest BCUT2D eigenvalue weighted by Gasteiger charge is -2.00. The van der Waals surface area contributed by atoms with Crippen LogP contribution in [0.15, 0.2) is 12.7 Å². The minimum Gasteiger partial charge on any atom is -0.463 e. The van der Waals surface area contributed by atoms with Crippen LogP contribution in [0.1, 0.15) is 90.4 Å². The molecule has 0 aliphatic carbocycles. The zero-order valence-corrected chi connectivity index (χ0v) is 15.8. The average Bonchev–Trinajstić information content (AvgIpc) is 2.60. The highest BCUT2D eigenvalue weighted by Gasteiger charge is 1.94. The number of ether oxygens (including phenoxy) is 1. The van der Waals surface area contributed by atoms with Crippen LogP contribution in [0.2, 0.25) is 0 Å². The Hall–Kier alpha value is -0.870. The third-order valence-corrected chi connectivity index (χ3v) is 3.73. The molecule has 0 atom stereocenters. The van der Waals surface area contributed by atoms with Crippen molar-refractivity contribution in [3.63, 3.8) is 0 Å². The summed E-state index contributed by atoms with van der Waals surface area (Å²) in [5, 5.41) is 17.0. The van der Waals surface area contributed by atoms with Crippen LogP contribution < -0.4 is 0 Å². The standard InChI is InChI=1S/C10H18O2.C10H22O2/c1-3-5-6-7-8-9-12-10(11)4-2;11-9-7-5-3-1-2-4-6-8-10-12/h4H,2-3,5-9H2,1H3;11-12H,1-10H2. The van der Waals surface area contributed by atoms with Gasteiger partial charge in [0.25, 0.3) is 0 Å². The second-order valence-corrected chi connectivity index (χ2v) is 6.06. The van der Waals surface area contributed by atoms with Crippen LogP contribution in [0.3, 0.4) is 0 Å². The molecular weight excluding hydrogens is 304 g/mol. The van der Waals surface area contributed by atoms with Crippen LogP contribution in [0.4, 0.5) is 0 Å². The molecule has 24 heavy (non-hydrogen) atoms. The van der Waals surface area contributed by atoms with E-state index in [4.69, 9.17) is 14.9 Å². The molecule has 0 rings (SSSR count). The fourth-order valence-corrected chi connectivity index (χ4v) is 2.22. The minimum atomic E-state index is -0.314. The van der Waals surface area contributed by atoms with Crippen LogP contribution in [-0.2, 0) is 9.53 Å². The lowest BCUT2D eigenvalue weighted by molar-refractivity contribution is -0.137. The van der Waals surface area contributed by atoms with Crippen LogP contribution in [0.25, 0.3) is 0 Å². The van der Waals surface area contributed by atoms with E-state index in [0.29, 0.717) is 19.8 Å². The van der Waals surface area contributed by atoms with Gasteiger partial charge in [0, 0.05) is 19.3 Å². The third-order valence-electron chi connectivity index (χ3n) is 3.73. The number of hydrogen-bond acceptors (Lipinski definition) is 4. The number of carbonyl (C=O) groups excluding carboxylic acids is 1. The monoisotopic (exact) mass is 344 g/mol. The molecule has 2 N–H and O–H groups in total. The first-order valence-electron chi connectivity index (χ1n) is 9.73. The molecule has 0 amide bonds. The second kappa shape index (κ2) is 24.4. The number of unbranched alkanes of at least 4 members (excludes halogenated alkanes) is 11. The zero-order chi connectivity index (χ0) is 18.3. The van der Waals surface area contributed by atoms with E-state index in [2.05, 4.69) is 13.5 Å². The van der Waals surface area contributed by atoms with Crippen LogP contribution in [0, 0.1) is 0 Å². The summed E-state index contributed by atoms with van der Waals surface area (Å²) in [7, 11) is 0. The Morgan fingerprint density at radius 1 is 0.792 bits per heavy atom. The highest BCUT2D eigenvalue weighted by molar-refractivity contribution is 5.81. The molecule has 0 spiro atoms. The predicted molar refractivity (Wildman–Crippen MR) is 101 cm³/mol. The Morgan fingerprint density at radius 3 is 1.62 bits per heavy atom. The first kappa shape index (κ1) is 25.4. The fourth-order valence-electron chi connectivity index (χ4n) is 2.22. The first-order chi connectivity index (χ1) is 11.7. The summed E-state index contributed by atoms with van der Waals surface area (Å²) in [5.41, 5.74) is 0. The molecule has 0 aliphatic heterocycles. The summed E-state index contributed by atoms with van der Waals surface area (Å²) in [4.78, 5) is 10.6. The number of aliphatic hydroxyl groups is 2. The molecule has 0 saturated carbocycles. The molecule has 4 nitrogen and oxygen atoms in total. The largest absolute Gasteiger partial charge is 0.463 e. The molecule has 0 aromatic heterocycles. The molecule has 0 fully saturated rings. The smallest absolute Gasteiger partial charge is 0.330 e. The molecule has 0 heterocycles. The summed E-state index contributed by atoms with van der Waals surface area (Å²) in [6.07, 6.45) is 16.4. The van der Waals surface area contributed by atoms with E-state index in [9.17, 15) is 4.79 Å². The SMILES string of the molecule is C=CC(=O)OCCCCCCC.OCCCCCCCCCCO. The van der Waals surface area contributed by atoms with Crippen molar-refractivity contribution in [3.8, 4) is 0 Å². The zero-order valence-electron chi connectivity index (χ0n) is 15.8. The molecule has 144 valence electrons. The molecule has 0 aromatic carbocycles. The molecule has 0 saturated heterocycles. The fraction of sp³-hybridized carbons (Fsp3) is 0.850. The van der Waals surface area contributed by atoms with Crippen molar-refractivity contribution in [2.45, 2.75) is 90.4 Å². The van der Waals surface area contributed by atoms with E-state index in [1.807, 2.05) is 0 Å². The summed E-state index contributed by atoms with van der Waals surface area (Å²) >= 11 is 0. The van der Waals surface area contributed by atoms with E-state index in [1.165, 1.54) is 51.0 Å². The average molecular weight is 345 g/mol. The van der Waals surface area contributed by atoms with Gasteiger partial charge >= 0.3 is 5.97 Å². The maximum absolute atomic E-state index is 10.6. The Kier molecular flexibility index (Phi) is 25.8. The van der Waals surface area contributed by atoms with Crippen molar-refractivity contribution in [2.24, 2.45) is 0 Å². The van der Waals surface area contributed by atoms with Crippen molar-refractivity contribution in [3.05, 3.63) is 12.7 Å². The van der Waals surface area contributed by atoms with Crippen molar-refractivity contribution < 1.29 is 19.7 Å². The lowest BCUT2D eigenvalue weighted by atomic mass is 10.1. The normalized spacial score (nSPS) is 9.96. The molecular formula is C20H40O4. The van der Waals surface area contributed by atoms with E-state index < -0.39 is 0 Å². The molecule has 0 unspecified atom stereocenters. The highest BCUT2D eigenvalue weighted by atomic mass is 16.5. The molecule has 0 radical (unpaired) electrons. The summed E-state index contributed by atoms with van der Waals surface area (Å²) in [6.45, 7) is 6.70. The summed E-state index contributed by atoms with van der Waals surface area (Å²) in [5.74, 6) is -0.314. The van der Waals surface area contributed by atoms with Gasteiger partial charge in [0.1, 0.15) is 0 Å². The van der Waals surface area contributed by atoms with Gasteiger partial charge in [-0.1, -0.05) is 77.7 Å². The van der Waals surface area contributed by atoms with Gasteiger partial charge < -0.3 is 14.9 Å². The number of carbonyl (C=O) groups is 1. The topological polar surface area (TPSA) is 66.8 Å². The Bertz CT molecular complexity index is 244. The maximum atomic E-state index is 10.6. The van der Waals surface area contributed by atoms with Gasteiger partial charge in [-0.15, -0.1) is 0 Å². The second-order valence-electron chi connectivity index (χ2n) is 6.06. The van der Waals surface area contributed by atoms with E-state index in [-0.39, 0.29) is 5.97 Å². The predicted octanol–water partition coefficient (Wildman–Crippen LogP) is 4.78. The van der Waals surface area contributed by atoms with E-state index in [0.717, 1.165) is 38.5 Å². The van der Waals surface area contributed by atoms with Gasteiger partial charge in [0.15, 0.2) is 0 Å². The van der Waals surface area contributed by atoms with Crippen molar-refractivity contribution in [1.29, 1.82) is 0 Å². The molecule has 4 heteroatoms. The van der Waals surface area contributed by atoms with Gasteiger partial charge in [0.2, 0.25) is 0 Å². The highest BCUT2D eigenvalue weighted by Crippen LogP contribution is 2.07. The summed E-state index contributed by atoms with van der Waals surface area (Å²) < 4.78 is 4.81. The Labute approximate surface area is 149 Å². The van der Waals surface area contributed by atoms with Gasteiger partial charge in [-0.05, 0) is 19.3 Å². The minimum absolute atomic E-state index is 0.314. The molecule has 0 aromatic rings. The lowest BCUT2D eigenvalue weighted by Crippen LogP contribution is -2.01. The van der Waals surface area contributed by atoms with Gasteiger partial charge in [-0.3, -0.25) is 0 Å². The molecule has 0 aliphatic rings. The van der Waals surface area contributed by atoms with Gasteiger partial charge in [0.05, 0.1) is 6.61 Å². The van der Waals surface area contributed by atoms with E-state index in [1.54, 1.807) is 0 Å². The van der Waals surface area contributed by atoms with Gasteiger partial charge in [-0.2, -0.15) is 0 Å². The van der Waals surface area contributed by atoms with Crippen LogP contribution in [0.5, 0.6) is 0 Å². The molecule has 0 bridgehead atoms.